The molecule has 0 bridgehead atoms. The Kier molecular flexibility index (Phi) is 43.2. The maximum absolute atomic E-state index is 12.7. The molecule has 0 spiro atoms. The van der Waals surface area contributed by atoms with Crippen LogP contribution in [0.1, 0.15) is 278 Å². The zero-order valence-electron chi connectivity index (χ0n) is 38.1. The lowest BCUT2D eigenvalue weighted by molar-refractivity contribution is -0.167. The molecular weight excluding hydrogens is 697 g/mol. The van der Waals surface area contributed by atoms with E-state index in [-0.39, 0.29) is 31.1 Å². The summed E-state index contributed by atoms with van der Waals surface area (Å²) in [6.07, 6.45) is 45.4. The lowest BCUT2D eigenvalue weighted by Gasteiger charge is -2.18. The van der Waals surface area contributed by atoms with Crippen LogP contribution in [-0.2, 0) is 28.6 Å². The van der Waals surface area contributed by atoms with Crippen LogP contribution in [0.3, 0.4) is 0 Å². The predicted octanol–water partition coefficient (Wildman–Crippen LogP) is 15.9. The standard InChI is InChI=1S/C50H96O6/c1-5-7-9-11-13-14-15-16-17-18-19-20-21-22-23-26-30-34-38-42-49(52)55-45-47(44-54-48(51)41-37-33-28-12-10-8-6-2)56-50(53)43-39-35-31-27-24-25-29-32-36-40-46(3)4/h46-47H,5-45H2,1-4H3/t47-/m1/s1. The Morgan fingerprint density at radius 2 is 0.589 bits per heavy atom. The summed E-state index contributed by atoms with van der Waals surface area (Å²) in [6, 6.07) is 0. The number of esters is 3. The monoisotopic (exact) mass is 793 g/mol. The number of hydrogen-bond acceptors (Lipinski definition) is 6. The van der Waals surface area contributed by atoms with E-state index in [1.165, 1.54) is 173 Å². The highest BCUT2D eigenvalue weighted by molar-refractivity contribution is 5.71. The average Bonchev–Trinajstić information content (AvgIpc) is 3.18. The van der Waals surface area contributed by atoms with Gasteiger partial charge in [0.05, 0.1) is 0 Å². The van der Waals surface area contributed by atoms with Gasteiger partial charge in [-0.1, -0.05) is 240 Å². The van der Waals surface area contributed by atoms with Crippen LogP contribution in [0, 0.1) is 5.92 Å². The molecule has 0 saturated carbocycles. The predicted molar refractivity (Wildman–Crippen MR) is 238 cm³/mol. The Balaban J connectivity index is 4.16. The zero-order chi connectivity index (χ0) is 41.0. The molecule has 0 fully saturated rings. The molecular formula is C50H96O6. The molecule has 0 heterocycles. The van der Waals surface area contributed by atoms with Crippen LogP contribution < -0.4 is 0 Å². The van der Waals surface area contributed by atoms with Gasteiger partial charge in [-0.3, -0.25) is 14.4 Å². The van der Waals surface area contributed by atoms with Gasteiger partial charge in [-0.25, -0.2) is 0 Å². The van der Waals surface area contributed by atoms with E-state index in [1.807, 2.05) is 0 Å². The zero-order valence-corrected chi connectivity index (χ0v) is 38.1. The third-order valence-corrected chi connectivity index (χ3v) is 11.3. The lowest BCUT2D eigenvalue weighted by atomic mass is 10.0. The fourth-order valence-electron chi connectivity index (χ4n) is 7.51. The van der Waals surface area contributed by atoms with E-state index in [2.05, 4.69) is 27.7 Å². The number of rotatable bonds is 45. The van der Waals surface area contributed by atoms with Crippen LogP contribution in [0.25, 0.3) is 0 Å². The summed E-state index contributed by atoms with van der Waals surface area (Å²) in [4.78, 5) is 37.7. The fourth-order valence-corrected chi connectivity index (χ4v) is 7.51. The third-order valence-electron chi connectivity index (χ3n) is 11.3. The SMILES string of the molecule is CCCCCCCCCCCCCCCCCCCCCC(=O)OC[C@@H](COC(=O)CCCCCCCCC)OC(=O)CCCCCCCCCCCC(C)C. The second-order valence-corrected chi connectivity index (χ2v) is 17.6. The van der Waals surface area contributed by atoms with Crippen molar-refractivity contribution in [1.82, 2.24) is 0 Å². The molecule has 6 nitrogen and oxygen atoms in total. The highest BCUT2D eigenvalue weighted by atomic mass is 16.6. The summed E-state index contributed by atoms with van der Waals surface area (Å²) in [5.74, 6) is -0.0507. The average molecular weight is 793 g/mol. The molecule has 0 rings (SSSR count). The normalized spacial score (nSPS) is 11.9. The molecule has 0 aromatic heterocycles. The maximum Gasteiger partial charge on any atom is 0.306 e. The molecule has 0 radical (unpaired) electrons. The van der Waals surface area contributed by atoms with Crippen molar-refractivity contribution in [2.75, 3.05) is 13.2 Å². The summed E-state index contributed by atoms with van der Waals surface area (Å²) in [5.41, 5.74) is 0. The van der Waals surface area contributed by atoms with Crippen molar-refractivity contribution in [1.29, 1.82) is 0 Å². The van der Waals surface area contributed by atoms with E-state index in [1.54, 1.807) is 0 Å². The number of ether oxygens (including phenoxy) is 3. The Hall–Kier alpha value is -1.59. The molecule has 0 amide bonds. The lowest BCUT2D eigenvalue weighted by Crippen LogP contribution is -2.30. The van der Waals surface area contributed by atoms with Crippen LogP contribution in [0.5, 0.6) is 0 Å². The largest absolute Gasteiger partial charge is 0.462 e. The van der Waals surface area contributed by atoms with Crippen LogP contribution in [0.4, 0.5) is 0 Å². The first-order valence-electron chi connectivity index (χ1n) is 24.9. The highest BCUT2D eigenvalue weighted by Crippen LogP contribution is 2.17. The van der Waals surface area contributed by atoms with Crippen molar-refractivity contribution < 1.29 is 28.6 Å². The van der Waals surface area contributed by atoms with Gasteiger partial charge >= 0.3 is 17.9 Å². The topological polar surface area (TPSA) is 78.9 Å². The summed E-state index contributed by atoms with van der Waals surface area (Å²) < 4.78 is 16.7. The number of carbonyl (C=O) groups is 3. The van der Waals surface area contributed by atoms with E-state index in [9.17, 15) is 14.4 Å². The molecule has 0 aliphatic rings. The first-order chi connectivity index (χ1) is 27.4. The second kappa shape index (κ2) is 44.5. The number of hydrogen-bond donors (Lipinski definition) is 0. The number of unbranched alkanes of at least 4 members (excludes halogenated alkanes) is 32. The van der Waals surface area contributed by atoms with Crippen LogP contribution in [0.15, 0.2) is 0 Å². The Bertz CT molecular complexity index is 841. The van der Waals surface area contributed by atoms with Crippen molar-refractivity contribution in [2.45, 2.75) is 284 Å². The minimum atomic E-state index is -0.759. The fraction of sp³-hybridized carbons (Fsp3) is 0.940. The van der Waals surface area contributed by atoms with E-state index in [4.69, 9.17) is 14.2 Å². The molecule has 332 valence electrons. The maximum atomic E-state index is 12.7. The van der Waals surface area contributed by atoms with Crippen LogP contribution in [-0.4, -0.2) is 37.2 Å². The van der Waals surface area contributed by atoms with E-state index >= 15 is 0 Å². The Morgan fingerprint density at radius 1 is 0.339 bits per heavy atom. The Labute approximate surface area is 348 Å². The summed E-state index contributed by atoms with van der Waals surface area (Å²) in [5, 5.41) is 0. The molecule has 56 heavy (non-hydrogen) atoms. The quantitative estimate of drug-likeness (QED) is 0.0347. The molecule has 1 atom stereocenters. The molecule has 0 unspecified atom stereocenters. The third kappa shape index (κ3) is 43.5. The number of carbonyl (C=O) groups excluding carboxylic acids is 3. The minimum Gasteiger partial charge on any atom is -0.462 e. The summed E-state index contributed by atoms with van der Waals surface area (Å²) >= 11 is 0. The van der Waals surface area contributed by atoms with Gasteiger partial charge in [-0.15, -0.1) is 0 Å². The van der Waals surface area contributed by atoms with E-state index in [0.717, 1.165) is 63.7 Å². The second-order valence-electron chi connectivity index (χ2n) is 17.6. The van der Waals surface area contributed by atoms with Gasteiger partial charge in [0, 0.05) is 19.3 Å². The minimum absolute atomic E-state index is 0.0639. The van der Waals surface area contributed by atoms with Gasteiger partial charge in [0.25, 0.3) is 0 Å². The van der Waals surface area contributed by atoms with Crippen LogP contribution >= 0.6 is 0 Å². The van der Waals surface area contributed by atoms with Gasteiger partial charge < -0.3 is 14.2 Å². The molecule has 0 aliphatic heterocycles. The molecule has 0 aromatic carbocycles. The molecule has 0 saturated heterocycles. The van der Waals surface area contributed by atoms with Gasteiger partial charge in [0.1, 0.15) is 13.2 Å². The van der Waals surface area contributed by atoms with E-state index < -0.39 is 6.10 Å². The van der Waals surface area contributed by atoms with Crippen molar-refractivity contribution >= 4 is 17.9 Å². The van der Waals surface area contributed by atoms with Gasteiger partial charge in [-0.2, -0.15) is 0 Å². The molecule has 0 aliphatic carbocycles. The van der Waals surface area contributed by atoms with Crippen molar-refractivity contribution in [3.63, 3.8) is 0 Å². The van der Waals surface area contributed by atoms with Gasteiger partial charge in [0.2, 0.25) is 0 Å². The summed E-state index contributed by atoms with van der Waals surface area (Å²) in [7, 11) is 0. The van der Waals surface area contributed by atoms with E-state index in [0.29, 0.717) is 19.3 Å². The first-order valence-corrected chi connectivity index (χ1v) is 24.9. The van der Waals surface area contributed by atoms with Crippen LogP contribution in [0.2, 0.25) is 0 Å². The van der Waals surface area contributed by atoms with Crippen molar-refractivity contribution in [3.8, 4) is 0 Å². The summed E-state index contributed by atoms with van der Waals surface area (Å²) in [6.45, 7) is 8.96. The molecule has 0 N–H and O–H groups in total. The van der Waals surface area contributed by atoms with Gasteiger partial charge in [0.15, 0.2) is 6.10 Å². The Morgan fingerprint density at radius 3 is 0.875 bits per heavy atom. The highest BCUT2D eigenvalue weighted by Gasteiger charge is 2.19. The molecule has 6 heteroatoms. The van der Waals surface area contributed by atoms with Gasteiger partial charge in [-0.05, 0) is 25.2 Å². The van der Waals surface area contributed by atoms with Crippen molar-refractivity contribution in [2.24, 2.45) is 5.92 Å². The first kappa shape index (κ1) is 54.4. The van der Waals surface area contributed by atoms with Crippen molar-refractivity contribution in [3.05, 3.63) is 0 Å². The smallest absolute Gasteiger partial charge is 0.306 e. The molecule has 0 aromatic rings.